The zero-order valence-corrected chi connectivity index (χ0v) is 5.82. The summed E-state index contributed by atoms with van der Waals surface area (Å²) < 4.78 is 0. The molecule has 0 radical (unpaired) electrons. The lowest BCUT2D eigenvalue weighted by Crippen LogP contribution is -2.41. The fraction of sp³-hybridized carbons (Fsp3) is 0.800. The highest BCUT2D eigenvalue weighted by Gasteiger charge is 2.36. The number of carboxylic acids is 1. The molecule has 1 atom stereocenters. The van der Waals surface area contributed by atoms with Crippen LogP contribution in [-0.2, 0) is 4.79 Å². The summed E-state index contributed by atoms with van der Waals surface area (Å²) in [6.07, 6.45) is 1.52. The maximum Gasteiger partial charge on any atom is 0.334 e. The molecule has 0 aromatic carbocycles. The second-order valence-corrected chi connectivity index (χ2v) is 2.96. The second-order valence-electron chi connectivity index (χ2n) is 2.20. The van der Waals surface area contributed by atoms with Crippen LogP contribution in [0, 0.1) is 0 Å². The molecule has 4 heteroatoms. The Bertz CT molecular complexity index is 131. The van der Waals surface area contributed by atoms with Crippen LogP contribution in [0.4, 0.5) is 0 Å². The Labute approximate surface area is 58.9 Å². The van der Waals surface area contributed by atoms with Crippen LogP contribution in [-0.4, -0.2) is 22.5 Å². The molecule has 0 aromatic rings. The number of thiol groups is 1. The van der Waals surface area contributed by atoms with E-state index in [4.69, 9.17) is 5.11 Å². The molecule has 0 aromatic heterocycles. The van der Waals surface area contributed by atoms with Crippen molar-refractivity contribution in [3.05, 3.63) is 0 Å². The first-order valence-corrected chi connectivity index (χ1v) is 3.31. The molecule has 1 fully saturated rings. The van der Waals surface area contributed by atoms with E-state index in [1.165, 1.54) is 0 Å². The van der Waals surface area contributed by atoms with Gasteiger partial charge in [0.15, 0.2) is 4.87 Å². The molecular weight excluding hydrogens is 138 g/mol. The fourth-order valence-corrected chi connectivity index (χ4v) is 1.18. The summed E-state index contributed by atoms with van der Waals surface area (Å²) in [6, 6.07) is 0. The van der Waals surface area contributed by atoms with Crippen molar-refractivity contribution >= 4 is 18.6 Å². The van der Waals surface area contributed by atoms with Gasteiger partial charge in [0, 0.05) is 0 Å². The molecular formula is C5H9NO2S. The van der Waals surface area contributed by atoms with E-state index in [-0.39, 0.29) is 0 Å². The number of carboxylic acid groups (broad SMARTS) is 1. The Hall–Kier alpha value is -0.220. The van der Waals surface area contributed by atoms with Crippen LogP contribution < -0.4 is 5.32 Å². The van der Waals surface area contributed by atoms with E-state index in [1.807, 2.05) is 0 Å². The summed E-state index contributed by atoms with van der Waals surface area (Å²) in [6.45, 7) is 0.760. The van der Waals surface area contributed by atoms with Crippen LogP contribution in [0.1, 0.15) is 12.8 Å². The van der Waals surface area contributed by atoms with Gasteiger partial charge in [-0.15, -0.1) is 12.6 Å². The zero-order chi connectivity index (χ0) is 6.91. The summed E-state index contributed by atoms with van der Waals surface area (Å²) in [5, 5.41) is 11.3. The van der Waals surface area contributed by atoms with Gasteiger partial charge in [0.1, 0.15) is 0 Å². The molecule has 1 aliphatic rings. The standard InChI is InChI=1S/C5H9NO2S/c7-4(8)5(9)2-1-3-6-5/h6,9H,1-3H2,(H,7,8)/t5-/m1/s1. The Morgan fingerprint density at radius 3 is 2.67 bits per heavy atom. The zero-order valence-electron chi connectivity index (χ0n) is 4.92. The van der Waals surface area contributed by atoms with E-state index in [0.29, 0.717) is 6.42 Å². The molecule has 0 bridgehead atoms. The van der Waals surface area contributed by atoms with Gasteiger partial charge in [0.25, 0.3) is 0 Å². The van der Waals surface area contributed by atoms with Crippen LogP contribution in [0.3, 0.4) is 0 Å². The summed E-state index contributed by atoms with van der Waals surface area (Å²) in [5.74, 6) is -0.872. The quantitative estimate of drug-likeness (QED) is 0.460. The van der Waals surface area contributed by atoms with Crippen molar-refractivity contribution in [1.82, 2.24) is 5.32 Å². The molecule has 0 aliphatic carbocycles. The van der Waals surface area contributed by atoms with Crippen molar-refractivity contribution in [2.75, 3.05) is 6.54 Å². The van der Waals surface area contributed by atoms with Crippen molar-refractivity contribution in [3.63, 3.8) is 0 Å². The maximum atomic E-state index is 10.4. The predicted molar refractivity (Wildman–Crippen MR) is 36.6 cm³/mol. The topological polar surface area (TPSA) is 49.3 Å². The van der Waals surface area contributed by atoms with Crippen LogP contribution in [0.5, 0.6) is 0 Å². The van der Waals surface area contributed by atoms with Gasteiger partial charge in [0.2, 0.25) is 0 Å². The monoisotopic (exact) mass is 147 g/mol. The number of nitrogens with one attached hydrogen (secondary N) is 1. The van der Waals surface area contributed by atoms with Crippen molar-refractivity contribution in [1.29, 1.82) is 0 Å². The molecule has 0 saturated carbocycles. The largest absolute Gasteiger partial charge is 0.479 e. The van der Waals surface area contributed by atoms with E-state index < -0.39 is 10.8 Å². The minimum atomic E-state index is -0.944. The predicted octanol–water partition coefficient (Wildman–Crippen LogP) is 0.0805. The van der Waals surface area contributed by atoms with Crippen molar-refractivity contribution in [2.24, 2.45) is 0 Å². The van der Waals surface area contributed by atoms with Crippen molar-refractivity contribution in [2.45, 2.75) is 17.7 Å². The highest BCUT2D eigenvalue weighted by atomic mass is 32.1. The molecule has 1 aliphatic heterocycles. The van der Waals surface area contributed by atoms with Crippen LogP contribution in [0.15, 0.2) is 0 Å². The van der Waals surface area contributed by atoms with Gasteiger partial charge in [-0.2, -0.15) is 0 Å². The number of aliphatic carboxylic acids is 1. The van der Waals surface area contributed by atoms with Gasteiger partial charge in [-0.3, -0.25) is 5.32 Å². The molecule has 0 unspecified atom stereocenters. The molecule has 3 nitrogen and oxygen atoms in total. The third-order valence-corrected chi connectivity index (χ3v) is 2.06. The SMILES string of the molecule is O=C(O)[C@]1(S)CCCN1. The van der Waals surface area contributed by atoms with Gasteiger partial charge in [-0.1, -0.05) is 0 Å². The smallest absolute Gasteiger partial charge is 0.334 e. The normalized spacial score (nSPS) is 34.8. The van der Waals surface area contributed by atoms with E-state index in [2.05, 4.69) is 17.9 Å². The molecule has 1 rings (SSSR count). The van der Waals surface area contributed by atoms with Crippen LogP contribution >= 0.6 is 12.6 Å². The van der Waals surface area contributed by atoms with Crippen LogP contribution in [0.25, 0.3) is 0 Å². The minimum absolute atomic E-state index is 0.617. The summed E-state index contributed by atoms with van der Waals surface area (Å²) in [5.41, 5.74) is 0. The molecule has 52 valence electrons. The van der Waals surface area contributed by atoms with Crippen molar-refractivity contribution < 1.29 is 9.90 Å². The van der Waals surface area contributed by atoms with E-state index in [9.17, 15) is 4.79 Å². The lowest BCUT2D eigenvalue weighted by atomic mass is 10.2. The molecule has 1 heterocycles. The third kappa shape index (κ3) is 1.19. The van der Waals surface area contributed by atoms with Gasteiger partial charge in [-0.25, -0.2) is 4.79 Å². The lowest BCUT2D eigenvalue weighted by Gasteiger charge is -2.15. The van der Waals surface area contributed by atoms with Gasteiger partial charge >= 0.3 is 5.97 Å². The number of hydrogen-bond acceptors (Lipinski definition) is 3. The molecule has 9 heavy (non-hydrogen) atoms. The lowest BCUT2D eigenvalue weighted by molar-refractivity contribution is -0.140. The molecule has 1 saturated heterocycles. The van der Waals surface area contributed by atoms with Gasteiger partial charge < -0.3 is 5.11 Å². The molecule has 0 spiro atoms. The first kappa shape index (κ1) is 6.89. The third-order valence-electron chi connectivity index (χ3n) is 1.49. The molecule has 2 N–H and O–H groups in total. The maximum absolute atomic E-state index is 10.4. The van der Waals surface area contributed by atoms with Crippen molar-refractivity contribution in [3.8, 4) is 0 Å². The van der Waals surface area contributed by atoms with E-state index in [0.717, 1.165) is 13.0 Å². The molecule has 0 amide bonds. The summed E-state index contributed by atoms with van der Waals surface area (Å²) in [4.78, 5) is 9.44. The summed E-state index contributed by atoms with van der Waals surface area (Å²) in [7, 11) is 0. The first-order valence-electron chi connectivity index (χ1n) is 2.86. The van der Waals surface area contributed by atoms with E-state index >= 15 is 0 Å². The van der Waals surface area contributed by atoms with Gasteiger partial charge in [-0.05, 0) is 19.4 Å². The number of rotatable bonds is 1. The average Bonchev–Trinajstić information content (AvgIpc) is 2.16. The van der Waals surface area contributed by atoms with E-state index in [1.54, 1.807) is 0 Å². The van der Waals surface area contributed by atoms with Crippen LogP contribution in [0.2, 0.25) is 0 Å². The fourth-order valence-electron chi connectivity index (χ4n) is 0.910. The average molecular weight is 147 g/mol. The Kier molecular flexibility index (Phi) is 1.68. The summed E-state index contributed by atoms with van der Waals surface area (Å²) >= 11 is 3.97. The second kappa shape index (κ2) is 2.19. The Morgan fingerprint density at radius 1 is 1.78 bits per heavy atom. The number of hydrogen-bond donors (Lipinski definition) is 3. The minimum Gasteiger partial charge on any atom is -0.479 e. The first-order chi connectivity index (χ1) is 4.15. The highest BCUT2D eigenvalue weighted by molar-refractivity contribution is 7.82. The van der Waals surface area contributed by atoms with Gasteiger partial charge in [0.05, 0.1) is 0 Å². The Morgan fingerprint density at radius 2 is 2.44 bits per heavy atom. The highest BCUT2D eigenvalue weighted by Crippen LogP contribution is 2.22. The Balaban J connectivity index is 2.61. The number of carbonyl (C=O) groups is 1.